The predicted octanol–water partition coefficient (Wildman–Crippen LogP) is 5.36. The minimum Gasteiger partial charge on any atom is -0.484 e. The van der Waals surface area contributed by atoms with Crippen molar-refractivity contribution in [2.24, 2.45) is 0 Å². The molecule has 5 nitrogen and oxygen atoms in total. The third-order valence-corrected chi connectivity index (χ3v) is 5.40. The highest BCUT2D eigenvalue weighted by Gasteiger charge is 2.28. The van der Waals surface area contributed by atoms with Crippen LogP contribution in [0.25, 0.3) is 0 Å². The van der Waals surface area contributed by atoms with Crippen LogP contribution in [-0.4, -0.2) is 35.9 Å². The number of hydrogen-bond donors (Lipinski definition) is 1. The Morgan fingerprint density at radius 2 is 1.83 bits per heavy atom. The SMILES string of the molecule is CCCNC(=O)[C@H](CC)N(Cc1ccc(Cl)c(Cl)c1)C(=O)COc1cccc(Cl)c1. The van der Waals surface area contributed by atoms with E-state index in [1.165, 1.54) is 4.90 Å². The number of benzene rings is 2. The zero-order chi connectivity index (χ0) is 22.1. The van der Waals surface area contributed by atoms with Gasteiger partial charge in [0.15, 0.2) is 6.61 Å². The molecule has 0 aliphatic rings. The van der Waals surface area contributed by atoms with Gasteiger partial charge in [-0.3, -0.25) is 9.59 Å². The van der Waals surface area contributed by atoms with Crippen LogP contribution in [0.15, 0.2) is 42.5 Å². The van der Waals surface area contributed by atoms with Gasteiger partial charge in [0, 0.05) is 18.1 Å². The molecule has 30 heavy (non-hydrogen) atoms. The summed E-state index contributed by atoms with van der Waals surface area (Å²) in [5, 5.41) is 4.20. The summed E-state index contributed by atoms with van der Waals surface area (Å²) < 4.78 is 5.61. The van der Waals surface area contributed by atoms with Crippen LogP contribution in [0.5, 0.6) is 5.75 Å². The lowest BCUT2D eigenvalue weighted by Gasteiger charge is -2.30. The molecule has 0 heterocycles. The minimum absolute atomic E-state index is 0.199. The molecule has 8 heteroatoms. The molecule has 0 unspecified atom stereocenters. The van der Waals surface area contributed by atoms with Gasteiger partial charge in [-0.25, -0.2) is 0 Å². The molecular formula is C22H25Cl3N2O3. The summed E-state index contributed by atoms with van der Waals surface area (Å²) in [6.07, 6.45) is 1.26. The maximum absolute atomic E-state index is 13.1. The Hall–Kier alpha value is -1.95. The van der Waals surface area contributed by atoms with Gasteiger partial charge >= 0.3 is 0 Å². The maximum atomic E-state index is 13.1. The van der Waals surface area contributed by atoms with Crippen molar-refractivity contribution in [3.8, 4) is 5.75 Å². The third kappa shape index (κ3) is 7.08. The lowest BCUT2D eigenvalue weighted by atomic mass is 10.1. The lowest BCUT2D eigenvalue weighted by molar-refractivity contribution is -0.143. The van der Waals surface area contributed by atoms with Crippen LogP contribution in [0.3, 0.4) is 0 Å². The molecule has 0 saturated carbocycles. The molecule has 2 aromatic carbocycles. The monoisotopic (exact) mass is 470 g/mol. The van der Waals surface area contributed by atoms with Gasteiger partial charge in [-0.2, -0.15) is 0 Å². The van der Waals surface area contributed by atoms with E-state index in [0.717, 1.165) is 12.0 Å². The van der Waals surface area contributed by atoms with Gasteiger partial charge in [0.05, 0.1) is 10.0 Å². The number of ether oxygens (including phenoxy) is 1. The first-order valence-electron chi connectivity index (χ1n) is 9.75. The van der Waals surface area contributed by atoms with Crippen molar-refractivity contribution in [1.29, 1.82) is 0 Å². The zero-order valence-corrected chi connectivity index (χ0v) is 19.2. The maximum Gasteiger partial charge on any atom is 0.261 e. The van der Waals surface area contributed by atoms with Crippen molar-refractivity contribution in [3.63, 3.8) is 0 Å². The van der Waals surface area contributed by atoms with E-state index in [-0.39, 0.29) is 25.0 Å². The summed E-state index contributed by atoms with van der Waals surface area (Å²) in [5.74, 6) is -0.0381. The van der Waals surface area contributed by atoms with Gasteiger partial charge in [-0.1, -0.05) is 60.8 Å². The Labute approximate surface area is 192 Å². The van der Waals surface area contributed by atoms with E-state index in [2.05, 4.69) is 5.32 Å². The fourth-order valence-corrected chi connectivity index (χ4v) is 3.41. The number of amides is 2. The van der Waals surface area contributed by atoms with E-state index >= 15 is 0 Å². The molecule has 0 saturated heterocycles. The van der Waals surface area contributed by atoms with Crippen LogP contribution in [0.4, 0.5) is 0 Å². The first kappa shape index (κ1) is 24.3. The summed E-state index contributed by atoms with van der Waals surface area (Å²) in [6, 6.07) is 11.3. The van der Waals surface area contributed by atoms with E-state index in [0.29, 0.717) is 33.8 Å². The highest BCUT2D eigenvalue weighted by molar-refractivity contribution is 6.42. The number of nitrogens with zero attached hydrogens (tertiary/aromatic N) is 1. The van der Waals surface area contributed by atoms with Crippen molar-refractivity contribution < 1.29 is 14.3 Å². The lowest BCUT2D eigenvalue weighted by Crippen LogP contribution is -2.50. The van der Waals surface area contributed by atoms with Crippen LogP contribution < -0.4 is 10.1 Å². The molecule has 2 aromatic rings. The van der Waals surface area contributed by atoms with Gasteiger partial charge in [0.2, 0.25) is 5.91 Å². The molecule has 162 valence electrons. The van der Waals surface area contributed by atoms with Crippen LogP contribution in [-0.2, 0) is 16.1 Å². The Morgan fingerprint density at radius 1 is 1.07 bits per heavy atom. The highest BCUT2D eigenvalue weighted by Crippen LogP contribution is 2.24. The standard InChI is InChI=1S/C22H25Cl3N2O3/c1-3-10-26-22(29)20(4-2)27(13-15-8-9-18(24)19(25)11-15)21(28)14-30-17-7-5-6-16(23)12-17/h5-9,11-12,20H,3-4,10,13-14H2,1-2H3,(H,26,29)/t20-/m0/s1. The molecule has 2 rings (SSSR count). The Morgan fingerprint density at radius 3 is 2.47 bits per heavy atom. The van der Waals surface area contributed by atoms with Crippen LogP contribution >= 0.6 is 34.8 Å². The molecule has 0 spiro atoms. The van der Waals surface area contributed by atoms with Crippen molar-refractivity contribution in [2.45, 2.75) is 39.3 Å². The number of nitrogens with one attached hydrogen (secondary N) is 1. The van der Waals surface area contributed by atoms with Crippen molar-refractivity contribution in [3.05, 3.63) is 63.1 Å². The molecule has 2 amide bonds. The molecule has 0 aliphatic heterocycles. The first-order valence-corrected chi connectivity index (χ1v) is 10.9. The highest BCUT2D eigenvalue weighted by atomic mass is 35.5. The van der Waals surface area contributed by atoms with E-state index in [9.17, 15) is 9.59 Å². The van der Waals surface area contributed by atoms with Crippen molar-refractivity contribution >= 4 is 46.6 Å². The molecular weight excluding hydrogens is 447 g/mol. The molecule has 1 N–H and O–H groups in total. The molecule has 0 aromatic heterocycles. The fourth-order valence-electron chi connectivity index (χ4n) is 2.90. The first-order chi connectivity index (χ1) is 14.3. The second-order valence-electron chi connectivity index (χ2n) is 6.73. The molecule has 0 radical (unpaired) electrons. The van der Waals surface area contributed by atoms with Gasteiger partial charge in [0.25, 0.3) is 5.91 Å². The van der Waals surface area contributed by atoms with Crippen LogP contribution in [0.2, 0.25) is 15.1 Å². The summed E-state index contributed by atoms with van der Waals surface area (Å²) >= 11 is 18.1. The van der Waals surface area contributed by atoms with E-state index < -0.39 is 6.04 Å². The molecule has 0 fully saturated rings. The topological polar surface area (TPSA) is 58.6 Å². The predicted molar refractivity (Wildman–Crippen MR) is 121 cm³/mol. The van der Waals surface area contributed by atoms with Gasteiger partial charge in [-0.15, -0.1) is 0 Å². The van der Waals surface area contributed by atoms with Gasteiger partial charge in [-0.05, 0) is 48.7 Å². The summed E-state index contributed by atoms with van der Waals surface area (Å²) in [7, 11) is 0. The zero-order valence-electron chi connectivity index (χ0n) is 17.0. The Bertz CT molecular complexity index is 876. The van der Waals surface area contributed by atoms with Crippen LogP contribution in [0, 0.1) is 0 Å². The number of carbonyl (C=O) groups is 2. The molecule has 1 atom stereocenters. The second kappa shape index (κ2) is 12.0. The average molecular weight is 472 g/mol. The van der Waals surface area contributed by atoms with E-state index in [1.807, 2.05) is 13.8 Å². The largest absolute Gasteiger partial charge is 0.484 e. The number of hydrogen-bond acceptors (Lipinski definition) is 3. The van der Waals surface area contributed by atoms with Gasteiger partial charge < -0.3 is 15.0 Å². The van der Waals surface area contributed by atoms with Crippen molar-refractivity contribution in [1.82, 2.24) is 10.2 Å². The Kier molecular flexibility index (Phi) is 9.76. The normalized spacial score (nSPS) is 11.6. The minimum atomic E-state index is -0.638. The number of halogens is 3. The Balaban J connectivity index is 2.22. The number of carbonyl (C=O) groups excluding carboxylic acids is 2. The quantitative estimate of drug-likeness (QED) is 0.507. The molecule has 0 aliphatic carbocycles. The van der Waals surface area contributed by atoms with Gasteiger partial charge in [0.1, 0.15) is 11.8 Å². The summed E-state index contributed by atoms with van der Waals surface area (Å²) in [4.78, 5) is 27.3. The van der Waals surface area contributed by atoms with Crippen molar-refractivity contribution in [2.75, 3.05) is 13.2 Å². The smallest absolute Gasteiger partial charge is 0.261 e. The number of rotatable bonds is 10. The van der Waals surface area contributed by atoms with Crippen LogP contribution in [0.1, 0.15) is 32.3 Å². The average Bonchev–Trinajstić information content (AvgIpc) is 2.73. The summed E-state index contributed by atoms with van der Waals surface area (Å²) in [6.45, 7) is 4.36. The van der Waals surface area contributed by atoms with E-state index in [1.54, 1.807) is 42.5 Å². The third-order valence-electron chi connectivity index (χ3n) is 4.43. The fraction of sp³-hybridized carbons (Fsp3) is 0.364. The van der Waals surface area contributed by atoms with E-state index in [4.69, 9.17) is 39.5 Å². The second-order valence-corrected chi connectivity index (χ2v) is 7.98. The molecule has 0 bridgehead atoms. The summed E-state index contributed by atoms with van der Waals surface area (Å²) in [5.41, 5.74) is 0.766.